The van der Waals surface area contributed by atoms with Gasteiger partial charge in [-0.1, -0.05) is 48.0 Å². The van der Waals surface area contributed by atoms with Gasteiger partial charge in [-0.2, -0.15) is 5.10 Å². The van der Waals surface area contributed by atoms with E-state index in [1.807, 2.05) is 55.5 Å². The zero-order valence-electron chi connectivity index (χ0n) is 15.6. The minimum absolute atomic E-state index is 0.217. The quantitative estimate of drug-likeness (QED) is 0.703. The topological polar surface area (TPSA) is 65.4 Å². The second-order valence-corrected chi connectivity index (χ2v) is 7.06. The van der Waals surface area contributed by atoms with Crippen LogP contribution >= 0.6 is 11.6 Å². The van der Waals surface area contributed by atoms with E-state index in [9.17, 15) is 4.79 Å². The van der Waals surface area contributed by atoms with Crippen molar-refractivity contribution in [3.05, 3.63) is 76.1 Å². The zero-order valence-corrected chi connectivity index (χ0v) is 16.4. The summed E-state index contributed by atoms with van der Waals surface area (Å²) < 4.78 is 12.4. The number of carbonyl (C=O) groups excluding carboxylic acids is 1. The van der Waals surface area contributed by atoms with Crippen LogP contribution in [-0.4, -0.2) is 22.5 Å². The Bertz CT molecular complexity index is 1020. The molecule has 0 bridgehead atoms. The minimum atomic E-state index is -0.257. The Kier molecular flexibility index (Phi) is 4.96. The molecule has 1 aliphatic heterocycles. The smallest absolute Gasteiger partial charge is 0.256 e. The number of fused-ring (bicyclic) bond motifs is 1. The number of hydrogen-bond donors (Lipinski definition) is 1. The lowest BCUT2D eigenvalue weighted by molar-refractivity contribution is 0.0939. The van der Waals surface area contributed by atoms with Crippen LogP contribution in [-0.2, 0) is 6.54 Å². The van der Waals surface area contributed by atoms with E-state index >= 15 is 0 Å². The van der Waals surface area contributed by atoms with Crippen molar-refractivity contribution in [2.75, 3.05) is 6.79 Å². The van der Waals surface area contributed by atoms with Crippen LogP contribution in [0.1, 0.15) is 40.1 Å². The van der Waals surface area contributed by atoms with Crippen molar-refractivity contribution in [3.63, 3.8) is 0 Å². The van der Waals surface area contributed by atoms with Gasteiger partial charge in [0.1, 0.15) is 5.15 Å². The third-order valence-corrected chi connectivity index (χ3v) is 5.10. The zero-order chi connectivity index (χ0) is 19.7. The Labute approximate surface area is 168 Å². The molecule has 0 aliphatic carbocycles. The van der Waals surface area contributed by atoms with Crippen LogP contribution in [0.25, 0.3) is 0 Å². The van der Waals surface area contributed by atoms with Gasteiger partial charge in [-0.15, -0.1) is 0 Å². The first-order chi connectivity index (χ1) is 13.5. The first-order valence-corrected chi connectivity index (χ1v) is 9.38. The van der Waals surface area contributed by atoms with Crippen molar-refractivity contribution in [1.29, 1.82) is 0 Å². The van der Waals surface area contributed by atoms with Gasteiger partial charge in [-0.3, -0.25) is 4.79 Å². The van der Waals surface area contributed by atoms with Gasteiger partial charge in [0.15, 0.2) is 11.5 Å². The standard InChI is InChI=1S/C21H20ClN3O3/c1-13(16-8-9-17-18(10-16)28-12-27-17)23-21(26)19-14(2)24-25(20(19)22)11-15-6-4-3-5-7-15/h3-10,13H,11-12H2,1-2H3,(H,23,26). The van der Waals surface area contributed by atoms with Gasteiger partial charge >= 0.3 is 0 Å². The largest absolute Gasteiger partial charge is 0.454 e. The number of halogens is 1. The van der Waals surface area contributed by atoms with Crippen molar-refractivity contribution in [2.24, 2.45) is 0 Å². The third kappa shape index (κ3) is 3.55. The summed E-state index contributed by atoms with van der Waals surface area (Å²) in [6.07, 6.45) is 0. The summed E-state index contributed by atoms with van der Waals surface area (Å²) in [7, 11) is 0. The fourth-order valence-corrected chi connectivity index (χ4v) is 3.53. The fraction of sp³-hybridized carbons (Fsp3) is 0.238. The van der Waals surface area contributed by atoms with E-state index in [0.717, 1.165) is 11.1 Å². The highest BCUT2D eigenvalue weighted by atomic mass is 35.5. The first kappa shape index (κ1) is 18.4. The van der Waals surface area contributed by atoms with Crippen LogP contribution in [0.15, 0.2) is 48.5 Å². The maximum absolute atomic E-state index is 12.9. The van der Waals surface area contributed by atoms with Crippen LogP contribution in [0.3, 0.4) is 0 Å². The highest BCUT2D eigenvalue weighted by Gasteiger charge is 2.23. The number of amides is 1. The molecule has 0 radical (unpaired) electrons. The maximum Gasteiger partial charge on any atom is 0.256 e. The molecule has 4 rings (SSSR count). The molecule has 7 heteroatoms. The van der Waals surface area contributed by atoms with Crippen LogP contribution in [0, 0.1) is 6.92 Å². The highest BCUT2D eigenvalue weighted by molar-refractivity contribution is 6.33. The molecule has 28 heavy (non-hydrogen) atoms. The Balaban J connectivity index is 1.51. The molecule has 0 saturated heterocycles. The molecule has 1 aromatic heterocycles. The summed E-state index contributed by atoms with van der Waals surface area (Å²) in [6, 6.07) is 15.3. The van der Waals surface area contributed by atoms with Gasteiger partial charge in [0.2, 0.25) is 6.79 Å². The molecule has 1 amide bonds. The number of aryl methyl sites for hydroxylation is 1. The molecule has 144 valence electrons. The summed E-state index contributed by atoms with van der Waals surface area (Å²) >= 11 is 6.48. The molecule has 0 saturated carbocycles. The molecular formula is C21H20ClN3O3. The number of nitrogens with one attached hydrogen (secondary N) is 1. The van der Waals surface area contributed by atoms with Crippen LogP contribution < -0.4 is 14.8 Å². The minimum Gasteiger partial charge on any atom is -0.454 e. The number of carbonyl (C=O) groups is 1. The average molecular weight is 398 g/mol. The van der Waals surface area contributed by atoms with E-state index in [4.69, 9.17) is 21.1 Å². The molecule has 0 spiro atoms. The monoisotopic (exact) mass is 397 g/mol. The van der Waals surface area contributed by atoms with Gasteiger partial charge in [-0.05, 0) is 37.1 Å². The lowest BCUT2D eigenvalue weighted by Gasteiger charge is -2.15. The molecule has 1 unspecified atom stereocenters. The summed E-state index contributed by atoms with van der Waals surface area (Å²) in [5.74, 6) is 1.14. The summed E-state index contributed by atoms with van der Waals surface area (Å²) in [5, 5.41) is 7.76. The Morgan fingerprint density at radius 2 is 1.96 bits per heavy atom. The molecule has 0 fully saturated rings. The lowest BCUT2D eigenvalue weighted by atomic mass is 10.1. The maximum atomic E-state index is 12.9. The molecule has 1 atom stereocenters. The van der Waals surface area contributed by atoms with Crippen molar-refractivity contribution in [3.8, 4) is 11.5 Å². The first-order valence-electron chi connectivity index (χ1n) is 9.00. The van der Waals surface area contributed by atoms with E-state index < -0.39 is 0 Å². The predicted molar refractivity (Wildman–Crippen MR) is 106 cm³/mol. The van der Waals surface area contributed by atoms with E-state index in [2.05, 4.69) is 10.4 Å². The molecule has 1 N–H and O–H groups in total. The van der Waals surface area contributed by atoms with Crippen LogP contribution in [0.4, 0.5) is 0 Å². The van der Waals surface area contributed by atoms with Crippen molar-refractivity contribution < 1.29 is 14.3 Å². The van der Waals surface area contributed by atoms with Gasteiger partial charge < -0.3 is 14.8 Å². The molecule has 2 aromatic carbocycles. The molecular weight excluding hydrogens is 378 g/mol. The van der Waals surface area contributed by atoms with Crippen molar-refractivity contribution in [1.82, 2.24) is 15.1 Å². The summed E-state index contributed by atoms with van der Waals surface area (Å²) in [5.41, 5.74) is 2.97. The van der Waals surface area contributed by atoms with E-state index in [0.29, 0.717) is 34.5 Å². The van der Waals surface area contributed by atoms with E-state index in [1.54, 1.807) is 11.6 Å². The number of hydrogen-bond acceptors (Lipinski definition) is 4. The number of aromatic nitrogens is 2. The second kappa shape index (κ2) is 7.56. The highest BCUT2D eigenvalue weighted by Crippen LogP contribution is 2.34. The van der Waals surface area contributed by atoms with Crippen LogP contribution in [0.2, 0.25) is 5.15 Å². The van der Waals surface area contributed by atoms with E-state index in [1.165, 1.54) is 0 Å². The summed E-state index contributed by atoms with van der Waals surface area (Å²) in [6.45, 7) is 4.42. The molecule has 2 heterocycles. The third-order valence-electron chi connectivity index (χ3n) is 4.71. The normalized spacial score (nSPS) is 13.4. The lowest BCUT2D eigenvalue weighted by Crippen LogP contribution is -2.27. The van der Waals surface area contributed by atoms with Crippen molar-refractivity contribution in [2.45, 2.75) is 26.4 Å². The fourth-order valence-electron chi connectivity index (χ4n) is 3.21. The van der Waals surface area contributed by atoms with Crippen LogP contribution in [0.5, 0.6) is 11.5 Å². The summed E-state index contributed by atoms with van der Waals surface area (Å²) in [4.78, 5) is 12.9. The number of ether oxygens (including phenoxy) is 2. The van der Waals surface area contributed by atoms with Gasteiger partial charge in [0.25, 0.3) is 5.91 Å². The SMILES string of the molecule is Cc1nn(Cc2ccccc2)c(Cl)c1C(=O)NC(C)c1ccc2c(c1)OCO2. The second-order valence-electron chi connectivity index (χ2n) is 6.70. The Morgan fingerprint density at radius 1 is 1.21 bits per heavy atom. The van der Waals surface area contributed by atoms with Crippen molar-refractivity contribution >= 4 is 17.5 Å². The van der Waals surface area contributed by atoms with Gasteiger partial charge in [0, 0.05) is 0 Å². The Morgan fingerprint density at radius 3 is 2.75 bits per heavy atom. The predicted octanol–water partition coefficient (Wildman–Crippen LogP) is 4.11. The molecule has 6 nitrogen and oxygen atoms in total. The number of benzene rings is 2. The molecule has 1 aliphatic rings. The van der Waals surface area contributed by atoms with E-state index in [-0.39, 0.29) is 18.7 Å². The average Bonchev–Trinajstić information content (AvgIpc) is 3.26. The van der Waals surface area contributed by atoms with Gasteiger partial charge in [-0.25, -0.2) is 4.68 Å². The molecule has 3 aromatic rings. The number of rotatable bonds is 5. The number of nitrogens with zero attached hydrogens (tertiary/aromatic N) is 2. The van der Waals surface area contributed by atoms with Gasteiger partial charge in [0.05, 0.1) is 23.8 Å². The Hall–Kier alpha value is -2.99.